The molecule has 0 aliphatic carbocycles. The van der Waals surface area contributed by atoms with E-state index in [1.165, 1.54) is 25.3 Å². The Bertz CT molecular complexity index is 2210. The Kier molecular flexibility index (Phi) is 11.0. The molecule has 2 aromatic heterocycles. The average molecular weight is 749 g/mol. The van der Waals surface area contributed by atoms with Gasteiger partial charge in [-0.3, -0.25) is 4.72 Å². The van der Waals surface area contributed by atoms with E-state index in [1.807, 2.05) is 35.1 Å². The highest BCUT2D eigenvalue weighted by molar-refractivity contribution is 7.92. The molecule has 2 N–H and O–H groups in total. The van der Waals surface area contributed by atoms with Crippen LogP contribution in [0.5, 0.6) is 11.6 Å². The predicted molar refractivity (Wildman–Crippen MR) is 196 cm³/mol. The normalized spacial score (nSPS) is 16.3. The first kappa shape index (κ1) is 37.3. The van der Waals surface area contributed by atoms with Crippen molar-refractivity contribution in [2.45, 2.75) is 52.2 Å². The maximum atomic E-state index is 15.1. The van der Waals surface area contributed by atoms with Gasteiger partial charge in [-0.2, -0.15) is 0 Å². The van der Waals surface area contributed by atoms with Crippen molar-refractivity contribution in [3.63, 3.8) is 0 Å². The Morgan fingerprint density at radius 1 is 0.981 bits per heavy atom. The third-order valence-corrected chi connectivity index (χ3v) is 10.1. The fraction of sp³-hybridized carbons (Fsp3) is 0.316. The summed E-state index contributed by atoms with van der Waals surface area (Å²) >= 11 is 0. The van der Waals surface area contributed by atoms with Crippen LogP contribution in [0, 0.1) is 18.7 Å². The molecular weight excluding hydrogens is 710 g/mol. The number of nitrogens with one attached hydrogen (secondary N) is 2. The number of carbonyl (C=O) groups is 1. The van der Waals surface area contributed by atoms with Crippen LogP contribution in [-0.2, 0) is 21.4 Å². The van der Waals surface area contributed by atoms with Gasteiger partial charge in [0.25, 0.3) is 5.92 Å². The highest BCUT2D eigenvalue weighted by Gasteiger charge is 2.34. The molecule has 3 heterocycles. The number of piperidine rings is 1. The van der Waals surface area contributed by atoms with E-state index >= 15 is 4.39 Å². The zero-order valence-electron chi connectivity index (χ0n) is 29.4. The number of ether oxygens (including phenoxy) is 2. The first-order chi connectivity index (χ1) is 25.3. The van der Waals surface area contributed by atoms with Crippen molar-refractivity contribution in [2.75, 3.05) is 28.9 Å². The highest BCUT2D eigenvalue weighted by atomic mass is 32.2. The van der Waals surface area contributed by atoms with Gasteiger partial charge in [0.2, 0.25) is 21.9 Å². The Morgan fingerprint density at radius 2 is 1.75 bits per heavy atom. The smallest absolute Gasteiger partial charge is 0.410 e. The van der Waals surface area contributed by atoms with E-state index in [0.29, 0.717) is 41.2 Å². The molecule has 5 aromatic rings. The first-order valence-corrected chi connectivity index (χ1v) is 18.7. The molecule has 1 aliphatic rings. The molecule has 1 aliphatic heterocycles. The van der Waals surface area contributed by atoms with Crippen molar-refractivity contribution in [3.05, 3.63) is 102 Å². The van der Waals surface area contributed by atoms with Crippen LogP contribution >= 0.6 is 0 Å². The quantitative estimate of drug-likeness (QED) is 0.130. The standard InChI is InChI=1S/C38H39F3N6O5S/c1-4-38(40,41)23-53(49,50)46-33-28-13-12-25(3)34(29(28)14-15-31(33)39)52-35-30(11-8-17-42-35)32-16-18-43-36(45-32)44-27-19-24(2)20-47(21-27)37(48)51-22-26-9-6-5-7-10-26/h5-18,24,27,46H,4,19-23H2,1-3H3,(H,43,44,45)/t24-,27+/m1/s1. The minimum atomic E-state index is -4.62. The van der Waals surface area contributed by atoms with E-state index in [4.69, 9.17) is 14.5 Å². The third-order valence-electron chi connectivity index (χ3n) is 8.83. The summed E-state index contributed by atoms with van der Waals surface area (Å²) in [6.07, 6.45) is 2.81. The van der Waals surface area contributed by atoms with Gasteiger partial charge < -0.3 is 19.7 Å². The number of alkyl halides is 2. The number of amides is 1. The summed E-state index contributed by atoms with van der Waals surface area (Å²) in [6.45, 7) is 6.13. The lowest BCUT2D eigenvalue weighted by molar-refractivity contribution is 0.0219. The number of likely N-dealkylation sites (tertiary alicyclic amines) is 1. The fourth-order valence-electron chi connectivity index (χ4n) is 6.21. The van der Waals surface area contributed by atoms with Crippen LogP contribution in [-0.4, -0.2) is 65.2 Å². The van der Waals surface area contributed by atoms with Crippen molar-refractivity contribution in [3.8, 4) is 22.9 Å². The number of anilines is 2. The molecule has 278 valence electrons. The minimum absolute atomic E-state index is 0.111. The van der Waals surface area contributed by atoms with Gasteiger partial charge in [-0.25, -0.2) is 41.3 Å². The Balaban J connectivity index is 1.22. The van der Waals surface area contributed by atoms with E-state index in [2.05, 4.69) is 22.2 Å². The third kappa shape index (κ3) is 9.14. The first-order valence-electron chi connectivity index (χ1n) is 17.1. The van der Waals surface area contributed by atoms with Crippen LogP contribution in [0.2, 0.25) is 0 Å². The Labute approximate surface area is 305 Å². The number of nitrogens with zero attached hydrogens (tertiary/aromatic N) is 4. The Hall–Kier alpha value is -5.44. The van der Waals surface area contributed by atoms with Crippen LogP contribution < -0.4 is 14.8 Å². The van der Waals surface area contributed by atoms with E-state index in [9.17, 15) is 22.0 Å². The number of halogens is 3. The summed E-state index contributed by atoms with van der Waals surface area (Å²) in [5.74, 6) is -4.99. The van der Waals surface area contributed by atoms with Crippen molar-refractivity contribution in [1.82, 2.24) is 19.9 Å². The van der Waals surface area contributed by atoms with Gasteiger partial charge in [0.1, 0.15) is 23.9 Å². The number of aromatic nitrogens is 3. The minimum Gasteiger partial charge on any atom is -0.445 e. The lowest BCUT2D eigenvalue weighted by Crippen LogP contribution is -2.48. The maximum Gasteiger partial charge on any atom is 0.410 e. The van der Waals surface area contributed by atoms with E-state index < -0.39 is 45.7 Å². The number of pyridine rings is 1. The number of hydrogen-bond acceptors (Lipinski definition) is 9. The molecule has 6 rings (SSSR count). The molecule has 0 radical (unpaired) electrons. The molecule has 0 bridgehead atoms. The van der Waals surface area contributed by atoms with Crippen molar-refractivity contribution < 1.29 is 35.9 Å². The summed E-state index contributed by atoms with van der Waals surface area (Å²) < 4.78 is 82.4. The number of aryl methyl sites for hydroxylation is 1. The average Bonchev–Trinajstić information content (AvgIpc) is 3.13. The van der Waals surface area contributed by atoms with E-state index in [0.717, 1.165) is 18.1 Å². The number of fused-ring (bicyclic) bond motifs is 1. The molecule has 0 spiro atoms. The predicted octanol–water partition coefficient (Wildman–Crippen LogP) is 8.18. The second kappa shape index (κ2) is 15.7. The number of benzene rings is 3. The van der Waals surface area contributed by atoms with E-state index in [1.54, 1.807) is 42.3 Å². The lowest BCUT2D eigenvalue weighted by atomic mass is 9.96. The highest BCUT2D eigenvalue weighted by Crippen LogP contribution is 2.40. The molecule has 3 aromatic carbocycles. The molecule has 1 amide bonds. The van der Waals surface area contributed by atoms with Crippen molar-refractivity contribution >= 4 is 38.5 Å². The van der Waals surface area contributed by atoms with Gasteiger partial charge in [0, 0.05) is 48.7 Å². The van der Waals surface area contributed by atoms with Gasteiger partial charge in [-0.1, -0.05) is 56.3 Å². The summed E-state index contributed by atoms with van der Waals surface area (Å²) in [4.78, 5) is 28.2. The molecule has 1 saturated heterocycles. The summed E-state index contributed by atoms with van der Waals surface area (Å²) in [7, 11) is -4.62. The molecule has 1 fully saturated rings. The Morgan fingerprint density at radius 3 is 2.53 bits per heavy atom. The summed E-state index contributed by atoms with van der Waals surface area (Å²) in [5, 5.41) is 3.80. The number of hydrogen-bond donors (Lipinski definition) is 2. The lowest BCUT2D eigenvalue weighted by Gasteiger charge is -2.36. The van der Waals surface area contributed by atoms with Crippen LogP contribution in [0.3, 0.4) is 0 Å². The van der Waals surface area contributed by atoms with Gasteiger partial charge in [0.15, 0.2) is 0 Å². The zero-order chi connectivity index (χ0) is 37.8. The fourth-order valence-corrected chi connectivity index (χ4v) is 7.56. The molecular formula is C38H39F3N6O5S. The molecule has 11 nitrogen and oxygen atoms in total. The van der Waals surface area contributed by atoms with Crippen LogP contribution in [0.15, 0.2) is 85.2 Å². The van der Waals surface area contributed by atoms with Crippen LogP contribution in [0.4, 0.5) is 29.6 Å². The van der Waals surface area contributed by atoms with Gasteiger partial charge in [0.05, 0.1) is 16.9 Å². The number of carbonyl (C=O) groups excluding carboxylic acids is 1. The summed E-state index contributed by atoms with van der Waals surface area (Å²) in [5.41, 5.74) is 2.03. The topological polar surface area (TPSA) is 136 Å². The van der Waals surface area contributed by atoms with Crippen LogP contribution in [0.1, 0.15) is 37.8 Å². The number of rotatable bonds is 12. The van der Waals surface area contributed by atoms with Gasteiger partial charge in [-0.05, 0) is 60.7 Å². The van der Waals surface area contributed by atoms with Gasteiger partial charge >= 0.3 is 6.09 Å². The molecule has 53 heavy (non-hydrogen) atoms. The molecule has 15 heteroatoms. The van der Waals surface area contributed by atoms with E-state index in [-0.39, 0.29) is 35.6 Å². The molecule has 0 unspecified atom stereocenters. The monoisotopic (exact) mass is 748 g/mol. The zero-order valence-corrected chi connectivity index (χ0v) is 30.2. The largest absolute Gasteiger partial charge is 0.445 e. The maximum absolute atomic E-state index is 15.1. The number of sulfonamides is 1. The van der Waals surface area contributed by atoms with Crippen LogP contribution in [0.25, 0.3) is 22.0 Å². The molecule has 0 saturated carbocycles. The SMILES string of the molecule is CCC(F)(F)CS(=O)(=O)Nc1c(F)ccc2c(Oc3ncccc3-c3ccnc(N[C@H]4C[C@@H](C)CN(C(=O)OCc5ccccc5)C4)n3)c(C)ccc12. The van der Waals surface area contributed by atoms with Gasteiger partial charge in [-0.15, -0.1) is 0 Å². The van der Waals surface area contributed by atoms with Crippen molar-refractivity contribution in [1.29, 1.82) is 0 Å². The molecule has 2 atom stereocenters. The second-order valence-corrected chi connectivity index (χ2v) is 14.9. The second-order valence-electron chi connectivity index (χ2n) is 13.2. The van der Waals surface area contributed by atoms with Crippen molar-refractivity contribution in [2.24, 2.45) is 5.92 Å². The summed E-state index contributed by atoms with van der Waals surface area (Å²) in [6, 6.07) is 20.1.